The van der Waals surface area contributed by atoms with E-state index < -0.39 is 5.54 Å². The van der Waals surface area contributed by atoms with Crippen molar-refractivity contribution in [2.45, 2.75) is 40.2 Å². The molecule has 0 atom stereocenters. The molecule has 24 heavy (non-hydrogen) atoms. The smallest absolute Gasteiger partial charge is 0.254 e. The van der Waals surface area contributed by atoms with Crippen LogP contribution in [0.25, 0.3) is 0 Å². The summed E-state index contributed by atoms with van der Waals surface area (Å²) in [6.07, 6.45) is 0. The molecule has 5 nitrogen and oxygen atoms in total. The molecule has 0 saturated carbocycles. The molecule has 0 saturated heterocycles. The van der Waals surface area contributed by atoms with Crippen molar-refractivity contribution in [3.8, 4) is 0 Å². The van der Waals surface area contributed by atoms with Gasteiger partial charge < -0.3 is 10.2 Å². The van der Waals surface area contributed by atoms with E-state index in [-0.39, 0.29) is 18.4 Å². The number of thiazole rings is 1. The van der Waals surface area contributed by atoms with E-state index in [1.807, 2.05) is 52.8 Å². The van der Waals surface area contributed by atoms with Crippen molar-refractivity contribution in [1.29, 1.82) is 0 Å². The molecule has 0 radical (unpaired) electrons. The summed E-state index contributed by atoms with van der Waals surface area (Å²) in [5.41, 5.74) is 1.00. The fourth-order valence-corrected chi connectivity index (χ4v) is 3.01. The molecule has 2 rings (SSSR count). The van der Waals surface area contributed by atoms with Crippen LogP contribution in [0.4, 0.5) is 5.13 Å². The Labute approximate surface area is 146 Å². The summed E-state index contributed by atoms with van der Waals surface area (Å²) in [7, 11) is 0. The molecular weight excluding hydrogens is 322 g/mol. The maximum Gasteiger partial charge on any atom is 0.254 e. The second-order valence-electron chi connectivity index (χ2n) is 6.64. The predicted octanol–water partition coefficient (Wildman–Crippen LogP) is 3.64. The fourth-order valence-electron chi connectivity index (χ4n) is 2.18. The first kappa shape index (κ1) is 18.1. The Hall–Kier alpha value is -2.21. The van der Waals surface area contributed by atoms with Crippen molar-refractivity contribution < 1.29 is 9.59 Å². The van der Waals surface area contributed by atoms with Crippen molar-refractivity contribution >= 4 is 28.3 Å². The molecule has 0 aliphatic carbocycles. The minimum atomic E-state index is -0.473. The summed E-state index contributed by atoms with van der Waals surface area (Å²) < 4.78 is 0. The predicted molar refractivity (Wildman–Crippen MR) is 97.4 cm³/mol. The number of carbonyl (C=O) groups is 2. The van der Waals surface area contributed by atoms with E-state index in [1.54, 1.807) is 17.0 Å². The summed E-state index contributed by atoms with van der Waals surface area (Å²) >= 11 is 1.44. The van der Waals surface area contributed by atoms with Crippen LogP contribution in [0.5, 0.6) is 0 Å². The molecular formula is C18H23N3O2S. The number of benzene rings is 1. The number of aromatic nitrogens is 1. The zero-order valence-corrected chi connectivity index (χ0v) is 15.5. The second kappa shape index (κ2) is 7.13. The van der Waals surface area contributed by atoms with Crippen molar-refractivity contribution in [3.63, 3.8) is 0 Å². The average molecular weight is 345 g/mol. The highest BCUT2D eigenvalue weighted by molar-refractivity contribution is 7.15. The van der Waals surface area contributed by atoms with Crippen molar-refractivity contribution in [3.05, 3.63) is 46.5 Å². The van der Waals surface area contributed by atoms with Crippen LogP contribution in [0.2, 0.25) is 0 Å². The van der Waals surface area contributed by atoms with Crippen LogP contribution >= 0.6 is 11.3 Å². The fraction of sp³-hybridized carbons (Fsp3) is 0.389. The first-order valence-electron chi connectivity index (χ1n) is 7.79. The van der Waals surface area contributed by atoms with Crippen LogP contribution < -0.4 is 5.32 Å². The Kier molecular flexibility index (Phi) is 5.39. The van der Waals surface area contributed by atoms with Gasteiger partial charge in [0.05, 0.1) is 5.69 Å². The number of aryl methyl sites for hydroxylation is 2. The van der Waals surface area contributed by atoms with Crippen molar-refractivity contribution in [2.24, 2.45) is 0 Å². The monoisotopic (exact) mass is 345 g/mol. The van der Waals surface area contributed by atoms with Crippen molar-refractivity contribution in [2.75, 3.05) is 11.9 Å². The van der Waals surface area contributed by atoms with Crippen molar-refractivity contribution in [1.82, 2.24) is 9.88 Å². The lowest BCUT2D eigenvalue weighted by Gasteiger charge is -2.35. The summed E-state index contributed by atoms with van der Waals surface area (Å²) in [6, 6.07) is 9.00. The molecule has 1 N–H and O–H groups in total. The Bertz CT molecular complexity index is 713. The molecule has 0 spiro atoms. The molecule has 2 amide bonds. The number of amides is 2. The van der Waals surface area contributed by atoms with Crippen LogP contribution in [-0.4, -0.2) is 33.8 Å². The number of anilines is 1. The molecule has 0 aliphatic heterocycles. The van der Waals surface area contributed by atoms with Gasteiger partial charge in [-0.3, -0.25) is 9.59 Å². The topological polar surface area (TPSA) is 62.3 Å². The summed E-state index contributed by atoms with van der Waals surface area (Å²) in [4.78, 5) is 32.1. The Morgan fingerprint density at radius 2 is 1.79 bits per heavy atom. The standard InChI is InChI=1S/C18H23N3O2S/c1-12-13(2)24-17(19-12)20-15(22)11-21(18(3,4)5)16(23)14-9-7-6-8-10-14/h6-10H,11H2,1-5H3,(H,19,20,22). The van der Waals surface area contributed by atoms with Gasteiger partial charge in [-0.1, -0.05) is 18.2 Å². The van der Waals surface area contributed by atoms with E-state index in [0.29, 0.717) is 10.7 Å². The van der Waals surface area contributed by atoms with Gasteiger partial charge in [-0.15, -0.1) is 11.3 Å². The number of nitrogens with one attached hydrogen (secondary N) is 1. The van der Waals surface area contributed by atoms with Gasteiger partial charge in [-0.2, -0.15) is 0 Å². The van der Waals surface area contributed by atoms with Gasteiger partial charge in [0.2, 0.25) is 5.91 Å². The lowest BCUT2D eigenvalue weighted by Crippen LogP contribution is -2.49. The van der Waals surface area contributed by atoms with Crippen LogP contribution in [0, 0.1) is 13.8 Å². The van der Waals surface area contributed by atoms with Gasteiger partial charge in [0.1, 0.15) is 6.54 Å². The molecule has 2 aromatic rings. The molecule has 128 valence electrons. The molecule has 0 unspecified atom stereocenters. The van der Waals surface area contributed by atoms with Crippen LogP contribution in [0.3, 0.4) is 0 Å². The zero-order valence-electron chi connectivity index (χ0n) is 14.7. The maximum absolute atomic E-state index is 12.8. The highest BCUT2D eigenvalue weighted by Crippen LogP contribution is 2.22. The molecule has 0 bridgehead atoms. The molecule has 1 aromatic heterocycles. The largest absolute Gasteiger partial charge is 0.324 e. The van der Waals surface area contributed by atoms with Gasteiger partial charge in [-0.05, 0) is 46.8 Å². The van der Waals surface area contributed by atoms with Gasteiger partial charge in [0.15, 0.2) is 5.13 Å². The first-order valence-corrected chi connectivity index (χ1v) is 8.61. The highest BCUT2D eigenvalue weighted by Gasteiger charge is 2.29. The van der Waals surface area contributed by atoms with Crippen LogP contribution in [-0.2, 0) is 4.79 Å². The molecule has 0 fully saturated rings. The quantitative estimate of drug-likeness (QED) is 0.920. The number of nitrogens with zero attached hydrogens (tertiary/aromatic N) is 2. The Balaban J connectivity index is 2.14. The van der Waals surface area contributed by atoms with Gasteiger partial charge in [0, 0.05) is 16.0 Å². The SMILES string of the molecule is Cc1nc(NC(=O)CN(C(=O)c2ccccc2)C(C)(C)C)sc1C. The Morgan fingerprint density at radius 1 is 1.17 bits per heavy atom. The summed E-state index contributed by atoms with van der Waals surface area (Å²) in [6.45, 7) is 9.59. The third-order valence-corrected chi connectivity index (χ3v) is 4.64. The van der Waals surface area contributed by atoms with E-state index in [2.05, 4.69) is 10.3 Å². The Morgan fingerprint density at radius 3 is 2.29 bits per heavy atom. The molecule has 1 aromatic carbocycles. The van der Waals surface area contributed by atoms with Gasteiger partial charge in [-0.25, -0.2) is 4.98 Å². The number of carbonyl (C=O) groups excluding carboxylic acids is 2. The van der Waals surface area contributed by atoms with Crippen LogP contribution in [0.15, 0.2) is 30.3 Å². The maximum atomic E-state index is 12.8. The highest BCUT2D eigenvalue weighted by atomic mass is 32.1. The van der Waals surface area contributed by atoms with E-state index in [0.717, 1.165) is 10.6 Å². The molecule has 0 aliphatic rings. The minimum absolute atomic E-state index is 0.0189. The summed E-state index contributed by atoms with van der Waals surface area (Å²) in [5, 5.41) is 3.35. The minimum Gasteiger partial charge on any atom is -0.324 e. The van der Waals surface area contributed by atoms with Gasteiger partial charge >= 0.3 is 0 Å². The van der Waals surface area contributed by atoms with E-state index in [9.17, 15) is 9.59 Å². The molecule has 1 heterocycles. The van der Waals surface area contributed by atoms with E-state index in [1.165, 1.54) is 11.3 Å². The normalized spacial score (nSPS) is 11.2. The average Bonchev–Trinajstić information content (AvgIpc) is 2.82. The molecule has 6 heteroatoms. The lowest BCUT2D eigenvalue weighted by atomic mass is 10.0. The zero-order chi connectivity index (χ0) is 17.9. The lowest BCUT2D eigenvalue weighted by molar-refractivity contribution is -0.117. The summed E-state index contributed by atoms with van der Waals surface area (Å²) in [5.74, 6) is -0.410. The first-order chi connectivity index (χ1) is 11.2. The van der Waals surface area contributed by atoms with Crippen LogP contribution in [0.1, 0.15) is 41.7 Å². The second-order valence-corrected chi connectivity index (χ2v) is 7.84. The van der Waals surface area contributed by atoms with E-state index in [4.69, 9.17) is 0 Å². The van der Waals surface area contributed by atoms with Gasteiger partial charge in [0.25, 0.3) is 5.91 Å². The third-order valence-electron chi connectivity index (χ3n) is 3.65. The third kappa shape index (κ3) is 4.41. The number of hydrogen-bond donors (Lipinski definition) is 1. The van der Waals surface area contributed by atoms with E-state index >= 15 is 0 Å². The number of hydrogen-bond acceptors (Lipinski definition) is 4. The number of rotatable bonds is 4.